The van der Waals surface area contributed by atoms with Gasteiger partial charge in [0, 0.05) is 31.8 Å². The van der Waals surface area contributed by atoms with Gasteiger partial charge in [0.05, 0.1) is 0 Å². The van der Waals surface area contributed by atoms with Crippen molar-refractivity contribution >= 4 is 0 Å². The van der Waals surface area contributed by atoms with E-state index in [1.807, 2.05) is 0 Å². The van der Waals surface area contributed by atoms with Gasteiger partial charge >= 0.3 is 0 Å². The van der Waals surface area contributed by atoms with Crippen molar-refractivity contribution in [2.75, 3.05) is 26.8 Å². The first-order valence-electron chi connectivity index (χ1n) is 7.01. The average molecular weight is 244 g/mol. The van der Waals surface area contributed by atoms with Crippen molar-refractivity contribution in [1.29, 1.82) is 0 Å². The summed E-state index contributed by atoms with van der Waals surface area (Å²) >= 11 is 0. The molecule has 0 aliphatic heterocycles. The van der Waals surface area contributed by atoms with Crippen molar-refractivity contribution in [3.05, 3.63) is 0 Å². The summed E-state index contributed by atoms with van der Waals surface area (Å²) in [5.74, 6) is 0. The Kier molecular flexibility index (Phi) is 8.83. The molecule has 0 fully saturated rings. The summed E-state index contributed by atoms with van der Waals surface area (Å²) in [6.45, 7) is 11.7. The van der Waals surface area contributed by atoms with E-state index in [9.17, 15) is 0 Å². The highest BCUT2D eigenvalue weighted by atomic mass is 16.5. The van der Waals surface area contributed by atoms with Crippen LogP contribution in [0.2, 0.25) is 0 Å². The van der Waals surface area contributed by atoms with Gasteiger partial charge in [-0.05, 0) is 39.7 Å². The molecule has 0 saturated heterocycles. The van der Waals surface area contributed by atoms with Crippen molar-refractivity contribution in [1.82, 2.24) is 4.90 Å². The van der Waals surface area contributed by atoms with E-state index in [0.29, 0.717) is 12.6 Å². The van der Waals surface area contributed by atoms with Gasteiger partial charge < -0.3 is 10.5 Å². The Bertz CT molecular complexity index is 187. The number of methoxy groups -OCH3 is 1. The molecule has 2 atom stereocenters. The summed E-state index contributed by atoms with van der Waals surface area (Å²) in [5.41, 5.74) is 6.09. The van der Waals surface area contributed by atoms with Gasteiger partial charge in [0.2, 0.25) is 0 Å². The molecule has 0 saturated carbocycles. The molecule has 0 aromatic heterocycles. The van der Waals surface area contributed by atoms with Crippen LogP contribution in [0.4, 0.5) is 0 Å². The number of hydrogen-bond donors (Lipinski definition) is 1. The molecule has 104 valence electrons. The predicted molar refractivity (Wildman–Crippen MR) is 75.3 cm³/mol. The van der Waals surface area contributed by atoms with E-state index in [4.69, 9.17) is 10.5 Å². The third-order valence-corrected chi connectivity index (χ3v) is 3.85. The third-order valence-electron chi connectivity index (χ3n) is 3.85. The zero-order valence-corrected chi connectivity index (χ0v) is 12.5. The standard InChI is InChI=1S/C14H32N2O/c1-6-8-10-16(13(3)7-2)14(4,12-15)9-11-17-5/h13H,6-12,15H2,1-5H3. The summed E-state index contributed by atoms with van der Waals surface area (Å²) in [4.78, 5) is 2.58. The van der Waals surface area contributed by atoms with Crippen LogP contribution < -0.4 is 5.73 Å². The molecule has 0 spiro atoms. The molecule has 0 aliphatic rings. The zero-order chi connectivity index (χ0) is 13.3. The first-order valence-corrected chi connectivity index (χ1v) is 7.01. The van der Waals surface area contributed by atoms with Crippen LogP contribution in [0, 0.1) is 0 Å². The van der Waals surface area contributed by atoms with Gasteiger partial charge in [-0.2, -0.15) is 0 Å². The SMILES string of the molecule is CCCCN(C(C)CC)C(C)(CN)CCOC. The molecule has 2 N–H and O–H groups in total. The van der Waals surface area contributed by atoms with Crippen molar-refractivity contribution < 1.29 is 4.74 Å². The summed E-state index contributed by atoms with van der Waals surface area (Å²) in [6, 6.07) is 0.590. The first kappa shape index (κ1) is 16.9. The van der Waals surface area contributed by atoms with Crippen LogP contribution in [0.5, 0.6) is 0 Å². The Morgan fingerprint density at radius 2 is 2.00 bits per heavy atom. The second kappa shape index (κ2) is 8.90. The van der Waals surface area contributed by atoms with E-state index in [1.54, 1.807) is 7.11 Å². The second-order valence-electron chi connectivity index (χ2n) is 5.25. The smallest absolute Gasteiger partial charge is 0.0480 e. The fourth-order valence-electron chi connectivity index (χ4n) is 2.26. The maximum atomic E-state index is 6.02. The maximum absolute atomic E-state index is 6.02. The highest BCUT2D eigenvalue weighted by Gasteiger charge is 2.32. The Hall–Kier alpha value is -0.120. The van der Waals surface area contributed by atoms with Crippen LogP contribution >= 0.6 is 0 Å². The lowest BCUT2D eigenvalue weighted by atomic mass is 9.93. The van der Waals surface area contributed by atoms with Gasteiger partial charge in [-0.3, -0.25) is 4.90 Å². The van der Waals surface area contributed by atoms with Crippen LogP contribution in [0.15, 0.2) is 0 Å². The van der Waals surface area contributed by atoms with Crippen LogP contribution in [0.3, 0.4) is 0 Å². The molecule has 3 nitrogen and oxygen atoms in total. The normalized spacial score (nSPS) is 17.1. The second-order valence-corrected chi connectivity index (χ2v) is 5.25. The molecule has 0 aliphatic carbocycles. The Morgan fingerprint density at radius 3 is 2.41 bits per heavy atom. The molecule has 0 amide bonds. The molecule has 3 heteroatoms. The minimum Gasteiger partial charge on any atom is -0.385 e. The molecule has 17 heavy (non-hydrogen) atoms. The van der Waals surface area contributed by atoms with Gasteiger partial charge in [0.15, 0.2) is 0 Å². The Morgan fingerprint density at radius 1 is 1.35 bits per heavy atom. The Labute approximate surface area is 108 Å². The van der Waals surface area contributed by atoms with Crippen molar-refractivity contribution in [2.24, 2.45) is 5.73 Å². The number of hydrogen-bond acceptors (Lipinski definition) is 3. The van der Waals surface area contributed by atoms with Crippen molar-refractivity contribution in [2.45, 2.75) is 65.0 Å². The molecule has 0 bridgehead atoms. The lowest BCUT2D eigenvalue weighted by Crippen LogP contribution is -2.56. The van der Waals surface area contributed by atoms with Crippen molar-refractivity contribution in [3.8, 4) is 0 Å². The zero-order valence-electron chi connectivity index (χ0n) is 12.5. The molecule has 0 aromatic rings. The summed E-state index contributed by atoms with van der Waals surface area (Å²) in [5, 5.41) is 0. The molecule has 0 heterocycles. The van der Waals surface area contributed by atoms with Gasteiger partial charge in [0.1, 0.15) is 0 Å². The number of nitrogens with two attached hydrogens (primary N) is 1. The van der Waals surface area contributed by atoms with Crippen molar-refractivity contribution in [3.63, 3.8) is 0 Å². The van der Waals surface area contributed by atoms with Crippen LogP contribution in [-0.4, -0.2) is 43.3 Å². The Balaban J connectivity index is 4.68. The summed E-state index contributed by atoms with van der Waals surface area (Å²) < 4.78 is 5.23. The first-order chi connectivity index (χ1) is 8.05. The number of unbranched alkanes of at least 4 members (excludes halogenated alkanes) is 1. The van der Waals surface area contributed by atoms with E-state index < -0.39 is 0 Å². The third kappa shape index (κ3) is 5.36. The number of nitrogens with zero attached hydrogens (tertiary/aromatic N) is 1. The fraction of sp³-hybridized carbons (Fsp3) is 1.00. The van der Waals surface area contributed by atoms with E-state index in [0.717, 1.165) is 19.6 Å². The number of rotatable bonds is 10. The van der Waals surface area contributed by atoms with E-state index in [1.165, 1.54) is 19.3 Å². The monoisotopic (exact) mass is 244 g/mol. The lowest BCUT2D eigenvalue weighted by Gasteiger charge is -2.44. The summed E-state index contributed by atoms with van der Waals surface area (Å²) in [6.07, 6.45) is 4.66. The molecule has 2 unspecified atom stereocenters. The van der Waals surface area contributed by atoms with Crippen LogP contribution in [0.25, 0.3) is 0 Å². The molecular weight excluding hydrogens is 212 g/mol. The average Bonchev–Trinajstić information content (AvgIpc) is 2.36. The highest BCUT2D eigenvalue weighted by molar-refractivity contribution is 4.89. The summed E-state index contributed by atoms with van der Waals surface area (Å²) in [7, 11) is 1.76. The van der Waals surface area contributed by atoms with Gasteiger partial charge in [0.25, 0.3) is 0 Å². The minimum atomic E-state index is 0.0700. The predicted octanol–water partition coefficient (Wildman–Crippen LogP) is 2.64. The number of ether oxygens (including phenoxy) is 1. The van der Waals surface area contributed by atoms with Gasteiger partial charge in [-0.25, -0.2) is 0 Å². The van der Waals surface area contributed by atoms with Crippen LogP contribution in [0.1, 0.15) is 53.4 Å². The fourth-order valence-corrected chi connectivity index (χ4v) is 2.26. The van der Waals surface area contributed by atoms with E-state index in [2.05, 4.69) is 32.6 Å². The molecule has 0 radical (unpaired) electrons. The van der Waals surface area contributed by atoms with Gasteiger partial charge in [-0.1, -0.05) is 20.3 Å². The molecular formula is C14H32N2O. The largest absolute Gasteiger partial charge is 0.385 e. The highest BCUT2D eigenvalue weighted by Crippen LogP contribution is 2.23. The molecule has 0 aromatic carbocycles. The van der Waals surface area contributed by atoms with E-state index in [-0.39, 0.29) is 5.54 Å². The van der Waals surface area contributed by atoms with Crippen LogP contribution in [-0.2, 0) is 4.74 Å². The quantitative estimate of drug-likeness (QED) is 0.642. The molecule has 0 rings (SSSR count). The van der Waals surface area contributed by atoms with E-state index >= 15 is 0 Å². The topological polar surface area (TPSA) is 38.5 Å². The van der Waals surface area contributed by atoms with Gasteiger partial charge in [-0.15, -0.1) is 0 Å². The minimum absolute atomic E-state index is 0.0700. The maximum Gasteiger partial charge on any atom is 0.0480 e. The lowest BCUT2D eigenvalue weighted by molar-refractivity contribution is 0.0362.